The molecule has 1 aromatic heterocycles. The third-order valence-electron chi connectivity index (χ3n) is 8.07. The molecule has 45 heavy (non-hydrogen) atoms. The van der Waals surface area contributed by atoms with Crippen LogP contribution in [0.2, 0.25) is 25.7 Å². The number of carboxylic acid groups (broad SMARTS) is 1. The second-order valence-corrected chi connectivity index (χ2v) is 18.2. The Morgan fingerprint density at radius 1 is 1.16 bits per heavy atom. The number of benzene rings is 1. The Morgan fingerprint density at radius 3 is 2.44 bits per heavy atom. The van der Waals surface area contributed by atoms with Crippen LogP contribution in [0.4, 0.5) is 38.1 Å². The number of hydrogen-bond acceptors (Lipinski definition) is 6. The number of piperazine rings is 1. The minimum Gasteiger partial charge on any atom is -0.478 e. The molecule has 2 amide bonds. The number of aromatic nitrogens is 1. The van der Waals surface area contributed by atoms with Gasteiger partial charge in [0.15, 0.2) is 5.82 Å². The molecule has 4 rings (SSSR count). The molecule has 1 aromatic carbocycles. The van der Waals surface area contributed by atoms with Gasteiger partial charge >= 0.3 is 12.3 Å². The molecule has 2 aliphatic heterocycles. The van der Waals surface area contributed by atoms with Crippen LogP contribution < -0.4 is 15.0 Å². The predicted octanol–water partition coefficient (Wildman–Crippen LogP) is 6.26. The van der Waals surface area contributed by atoms with Crippen molar-refractivity contribution in [3.8, 4) is 5.88 Å². The molecule has 9 nitrogen and oxygen atoms in total. The summed E-state index contributed by atoms with van der Waals surface area (Å²) in [5, 5.41) is 11.6. The Morgan fingerprint density at radius 2 is 1.87 bits per heavy atom. The fourth-order valence-electron chi connectivity index (χ4n) is 5.18. The molecule has 3 heterocycles. The van der Waals surface area contributed by atoms with Crippen molar-refractivity contribution >= 4 is 37.0 Å². The van der Waals surface area contributed by atoms with Gasteiger partial charge in [0.2, 0.25) is 5.88 Å². The first kappa shape index (κ1) is 34.2. The van der Waals surface area contributed by atoms with Gasteiger partial charge in [0.1, 0.15) is 11.5 Å². The molecule has 0 saturated carbocycles. The van der Waals surface area contributed by atoms with E-state index in [1.54, 1.807) is 4.90 Å². The maximum absolute atomic E-state index is 16.4. The largest absolute Gasteiger partial charge is 0.478 e. The van der Waals surface area contributed by atoms with Crippen molar-refractivity contribution in [1.82, 2.24) is 14.8 Å². The van der Waals surface area contributed by atoms with E-state index in [0.29, 0.717) is 31.7 Å². The lowest BCUT2D eigenvalue weighted by atomic mass is 9.96. The zero-order chi connectivity index (χ0) is 33.3. The van der Waals surface area contributed by atoms with Gasteiger partial charge in [-0.1, -0.05) is 25.7 Å². The normalized spacial score (nSPS) is 18.1. The highest BCUT2D eigenvalue weighted by Crippen LogP contribution is 2.40. The van der Waals surface area contributed by atoms with Crippen molar-refractivity contribution in [2.24, 2.45) is 0 Å². The molecular formula is C30H38F5N5O4Si. The summed E-state index contributed by atoms with van der Waals surface area (Å²) in [6.45, 7) is 9.47. The summed E-state index contributed by atoms with van der Waals surface area (Å²) in [5.41, 5.74) is -2.93. The Kier molecular flexibility index (Phi) is 10.1. The number of ether oxygens (including phenoxy) is 1. The van der Waals surface area contributed by atoms with E-state index < -0.39 is 60.3 Å². The fraction of sp³-hybridized carbons (Fsp3) is 0.500. The van der Waals surface area contributed by atoms with Crippen LogP contribution >= 0.6 is 0 Å². The summed E-state index contributed by atoms with van der Waals surface area (Å²) in [7, 11) is 0.361. The summed E-state index contributed by atoms with van der Waals surface area (Å²) >= 11 is 0. The number of anilines is 2. The number of pyridine rings is 1. The number of carbonyl (C=O) groups excluding carboxylic acids is 1. The lowest BCUT2D eigenvalue weighted by Crippen LogP contribution is -2.50. The van der Waals surface area contributed by atoms with Crippen LogP contribution in [0.25, 0.3) is 5.57 Å². The van der Waals surface area contributed by atoms with Crippen LogP contribution in [0.15, 0.2) is 24.4 Å². The molecule has 246 valence electrons. The molecule has 1 fully saturated rings. The van der Waals surface area contributed by atoms with E-state index in [2.05, 4.69) is 29.9 Å². The number of hydrogen-bond donors (Lipinski definition) is 2. The number of nitrogens with one attached hydrogen (secondary N) is 1. The molecule has 0 aliphatic carbocycles. The van der Waals surface area contributed by atoms with Crippen LogP contribution in [0.3, 0.4) is 0 Å². The number of rotatable bonds is 8. The fourth-order valence-corrected chi connectivity index (χ4v) is 5.89. The van der Waals surface area contributed by atoms with Crippen molar-refractivity contribution in [1.29, 1.82) is 0 Å². The Bertz CT molecular complexity index is 1480. The van der Waals surface area contributed by atoms with Gasteiger partial charge in [-0.05, 0) is 32.0 Å². The Balaban J connectivity index is 1.74. The van der Waals surface area contributed by atoms with Crippen LogP contribution in [0, 0.1) is 11.6 Å². The van der Waals surface area contributed by atoms with E-state index >= 15 is 8.78 Å². The van der Waals surface area contributed by atoms with Crippen molar-refractivity contribution in [3.63, 3.8) is 0 Å². The lowest BCUT2D eigenvalue weighted by molar-refractivity contribution is -0.138. The average molecular weight is 656 g/mol. The molecule has 15 heteroatoms. The van der Waals surface area contributed by atoms with Gasteiger partial charge in [-0.15, -0.1) is 0 Å². The maximum Gasteiger partial charge on any atom is 0.417 e. The number of likely N-dealkylation sites (N-methyl/N-ethyl adjacent to an activating group) is 1. The van der Waals surface area contributed by atoms with Crippen molar-refractivity contribution in [2.45, 2.75) is 51.2 Å². The second kappa shape index (κ2) is 13.3. The van der Waals surface area contributed by atoms with Crippen LogP contribution in [-0.2, 0) is 6.18 Å². The standard InChI is InChI=1S/C30H38F5N5O4Si/c1-18-17-40(11-10-38(18)2)23-15-22(31)25(19-6-8-39(9-7-19)29(42)43)26(32)27(23)37-28(41)20-16-36-24(14-21(20)30(33,34)35)44-12-13-45(3,4)5/h6,14-16,18H,7-13,17H2,1-5H3,(H,37,41)(H,42,43). The van der Waals surface area contributed by atoms with Gasteiger partial charge in [0, 0.05) is 65.2 Å². The minimum atomic E-state index is -4.96. The van der Waals surface area contributed by atoms with Gasteiger partial charge in [-0.2, -0.15) is 13.2 Å². The molecule has 1 atom stereocenters. The number of nitrogens with zero attached hydrogens (tertiary/aromatic N) is 4. The monoisotopic (exact) mass is 655 g/mol. The number of alkyl halides is 3. The highest BCUT2D eigenvalue weighted by molar-refractivity contribution is 6.76. The van der Waals surface area contributed by atoms with E-state index in [1.165, 1.54) is 6.08 Å². The topological polar surface area (TPSA) is 98.2 Å². The molecule has 2 aliphatic rings. The highest BCUT2D eigenvalue weighted by atomic mass is 28.3. The Hall–Kier alpha value is -3.72. The lowest BCUT2D eigenvalue weighted by Gasteiger charge is -2.40. The van der Waals surface area contributed by atoms with E-state index in [-0.39, 0.29) is 49.3 Å². The van der Waals surface area contributed by atoms with E-state index in [9.17, 15) is 27.9 Å². The SMILES string of the molecule is CC1CN(c2cc(F)c(C3=CCN(C(=O)O)CC3)c(F)c2NC(=O)c2cnc(OCC[Si](C)(C)C)cc2C(F)(F)F)CCN1C. The third-order valence-corrected chi connectivity index (χ3v) is 9.77. The Labute approximate surface area is 259 Å². The first-order valence-corrected chi connectivity index (χ1v) is 18.3. The predicted molar refractivity (Wildman–Crippen MR) is 164 cm³/mol. The summed E-state index contributed by atoms with van der Waals surface area (Å²) in [6, 6.07) is 2.37. The van der Waals surface area contributed by atoms with Gasteiger partial charge in [0.25, 0.3) is 5.91 Å². The first-order valence-electron chi connectivity index (χ1n) is 14.6. The zero-order valence-corrected chi connectivity index (χ0v) is 26.9. The number of halogens is 5. The van der Waals surface area contributed by atoms with Crippen molar-refractivity contribution in [3.05, 3.63) is 52.7 Å². The molecular weight excluding hydrogens is 617 g/mol. The van der Waals surface area contributed by atoms with Gasteiger partial charge in [0.05, 0.1) is 29.0 Å². The first-order chi connectivity index (χ1) is 21.0. The molecule has 1 saturated heterocycles. The van der Waals surface area contributed by atoms with Gasteiger partial charge < -0.3 is 29.9 Å². The number of amides is 2. The molecule has 2 aromatic rings. The quantitative estimate of drug-likeness (QED) is 0.256. The smallest absolute Gasteiger partial charge is 0.417 e. The third kappa shape index (κ3) is 8.11. The second-order valence-electron chi connectivity index (χ2n) is 12.6. The minimum absolute atomic E-state index is 0.000275. The summed E-state index contributed by atoms with van der Waals surface area (Å²) in [4.78, 5) is 33.5. The molecule has 1 unspecified atom stereocenters. The van der Waals surface area contributed by atoms with Crippen LogP contribution in [-0.4, -0.2) is 92.4 Å². The number of carbonyl (C=O) groups is 2. The van der Waals surface area contributed by atoms with Gasteiger partial charge in [-0.3, -0.25) is 4.79 Å². The molecule has 2 N–H and O–H groups in total. The van der Waals surface area contributed by atoms with E-state index in [0.717, 1.165) is 17.2 Å². The molecule has 0 bridgehead atoms. The van der Waals surface area contributed by atoms with E-state index in [4.69, 9.17) is 4.74 Å². The molecule has 0 spiro atoms. The zero-order valence-electron chi connectivity index (χ0n) is 25.9. The van der Waals surface area contributed by atoms with Crippen LogP contribution in [0.1, 0.15) is 34.8 Å². The average Bonchev–Trinajstić information content (AvgIpc) is 2.95. The summed E-state index contributed by atoms with van der Waals surface area (Å²) < 4.78 is 80.0. The summed E-state index contributed by atoms with van der Waals surface area (Å²) in [5.74, 6) is -3.66. The van der Waals surface area contributed by atoms with Crippen molar-refractivity contribution in [2.75, 3.05) is 56.6 Å². The van der Waals surface area contributed by atoms with Gasteiger partial charge in [-0.25, -0.2) is 18.6 Å². The molecule has 0 radical (unpaired) electrons. The van der Waals surface area contributed by atoms with E-state index in [1.807, 2.05) is 18.9 Å². The van der Waals surface area contributed by atoms with Crippen molar-refractivity contribution < 1.29 is 41.4 Å². The maximum atomic E-state index is 16.4. The van der Waals surface area contributed by atoms with Crippen LogP contribution in [0.5, 0.6) is 5.88 Å². The highest BCUT2D eigenvalue weighted by Gasteiger charge is 2.37. The summed E-state index contributed by atoms with van der Waals surface area (Å²) in [6.07, 6.45) is -4.02.